The van der Waals surface area contributed by atoms with Crippen LogP contribution in [0.25, 0.3) is 10.4 Å². The molecule has 0 aromatic carbocycles. The van der Waals surface area contributed by atoms with Crippen molar-refractivity contribution in [3.63, 3.8) is 0 Å². The van der Waals surface area contributed by atoms with Crippen LogP contribution in [0.2, 0.25) is 0 Å². The molecule has 0 aliphatic carbocycles. The summed E-state index contributed by atoms with van der Waals surface area (Å²) in [6.07, 6.45) is -1.00. The van der Waals surface area contributed by atoms with Gasteiger partial charge in [-0.15, -0.1) is 0 Å². The van der Waals surface area contributed by atoms with Crippen molar-refractivity contribution in [3.8, 4) is 0 Å². The van der Waals surface area contributed by atoms with Crippen LogP contribution in [0.4, 0.5) is 0 Å². The van der Waals surface area contributed by atoms with Gasteiger partial charge in [0.05, 0.1) is 11.7 Å². The summed E-state index contributed by atoms with van der Waals surface area (Å²) in [6, 6.07) is 0. The molecule has 1 N–H and O–H groups in total. The number of hydrogen-bond donors (Lipinski definition) is 1. The molecule has 0 aromatic heterocycles. The van der Waals surface area contributed by atoms with Crippen molar-refractivity contribution in [2.45, 2.75) is 13.0 Å². The highest BCUT2D eigenvalue weighted by molar-refractivity contribution is 5.88. The second-order valence-corrected chi connectivity index (χ2v) is 1.75. The highest BCUT2D eigenvalue weighted by atomic mass is 16.7. The molecular formula is C5H7N3O3. The molecule has 0 rings (SSSR count). The number of carbonyl (C=O) groups excluding carboxylic acids is 1. The summed E-state index contributed by atoms with van der Waals surface area (Å²) < 4.78 is 0. The van der Waals surface area contributed by atoms with Gasteiger partial charge in [-0.05, 0) is 12.5 Å². The standard InChI is InChI=1S/C5H7N3O3/c1-3(4(2)9)5(10)11-8-7-6/h4,9H,1H2,2H3. The van der Waals surface area contributed by atoms with Crippen LogP contribution >= 0.6 is 0 Å². The minimum absolute atomic E-state index is 0.155. The van der Waals surface area contributed by atoms with Crippen molar-refractivity contribution in [1.82, 2.24) is 0 Å². The van der Waals surface area contributed by atoms with Crippen molar-refractivity contribution in [3.05, 3.63) is 22.6 Å². The lowest BCUT2D eigenvalue weighted by molar-refractivity contribution is -0.140. The van der Waals surface area contributed by atoms with Gasteiger partial charge in [-0.3, -0.25) is 0 Å². The summed E-state index contributed by atoms with van der Waals surface area (Å²) in [4.78, 5) is 16.7. The summed E-state index contributed by atoms with van der Waals surface area (Å²) in [5.74, 6) is -0.933. The maximum atomic E-state index is 10.6. The first-order valence-corrected chi connectivity index (χ1v) is 2.72. The molecule has 0 amide bonds. The maximum Gasteiger partial charge on any atom is 0.347 e. The molecule has 11 heavy (non-hydrogen) atoms. The average molecular weight is 157 g/mol. The summed E-state index contributed by atoms with van der Waals surface area (Å²) in [5, 5.41) is 11.3. The lowest BCUT2D eigenvalue weighted by Gasteiger charge is -2.03. The van der Waals surface area contributed by atoms with Gasteiger partial charge in [0.15, 0.2) is 0 Å². The highest BCUT2D eigenvalue weighted by Gasteiger charge is 2.12. The third-order valence-corrected chi connectivity index (χ3v) is 0.927. The molecule has 0 radical (unpaired) electrons. The largest absolute Gasteiger partial charge is 0.388 e. The van der Waals surface area contributed by atoms with Gasteiger partial charge in [0.2, 0.25) is 0 Å². The van der Waals surface area contributed by atoms with Crippen molar-refractivity contribution >= 4 is 5.97 Å². The predicted molar refractivity (Wildman–Crippen MR) is 36.1 cm³/mol. The number of aliphatic hydroxyl groups is 1. The molecule has 0 aliphatic rings. The van der Waals surface area contributed by atoms with Crippen LogP contribution in [0.1, 0.15) is 6.92 Å². The van der Waals surface area contributed by atoms with E-state index in [-0.39, 0.29) is 5.57 Å². The van der Waals surface area contributed by atoms with Crippen LogP contribution in [-0.2, 0) is 9.63 Å². The van der Waals surface area contributed by atoms with Gasteiger partial charge in [-0.2, -0.15) is 0 Å². The molecular weight excluding hydrogens is 150 g/mol. The van der Waals surface area contributed by atoms with Crippen LogP contribution in [0, 0.1) is 0 Å². The van der Waals surface area contributed by atoms with E-state index in [4.69, 9.17) is 10.6 Å². The molecule has 0 spiro atoms. The number of rotatable bonds is 3. The molecule has 0 aromatic rings. The molecule has 0 saturated carbocycles. The van der Waals surface area contributed by atoms with Gasteiger partial charge in [-0.1, -0.05) is 6.58 Å². The first-order chi connectivity index (χ1) is 5.09. The summed E-state index contributed by atoms with van der Waals surface area (Å²) in [7, 11) is 0. The fourth-order valence-electron chi connectivity index (χ4n) is 0.285. The van der Waals surface area contributed by atoms with E-state index in [1.54, 1.807) is 0 Å². The number of nitrogens with zero attached hydrogens (tertiary/aromatic N) is 3. The Hall–Kier alpha value is -1.52. The lowest BCUT2D eigenvalue weighted by atomic mass is 10.2. The average Bonchev–Trinajstić information content (AvgIpc) is 1.98. The number of carbonyl (C=O) groups is 1. The molecule has 1 unspecified atom stereocenters. The SMILES string of the molecule is C=C(C(=O)ON=[N+]=[N-])C(C)O. The quantitative estimate of drug-likeness (QED) is 0.214. The Bertz CT molecular complexity index is 217. The summed E-state index contributed by atoms with van der Waals surface area (Å²) >= 11 is 0. The smallest absolute Gasteiger partial charge is 0.347 e. The molecule has 0 bridgehead atoms. The molecule has 6 nitrogen and oxygen atoms in total. The zero-order chi connectivity index (χ0) is 8.85. The van der Waals surface area contributed by atoms with E-state index in [1.807, 2.05) is 0 Å². The number of hydrogen-bond acceptors (Lipinski definition) is 4. The topological polar surface area (TPSA) is 95.3 Å². The van der Waals surface area contributed by atoms with Gasteiger partial charge >= 0.3 is 5.97 Å². The molecule has 0 fully saturated rings. The molecule has 1 atom stereocenters. The van der Waals surface area contributed by atoms with E-state index in [0.29, 0.717) is 0 Å². The summed E-state index contributed by atoms with van der Waals surface area (Å²) in [5.41, 5.74) is 7.57. The first kappa shape index (κ1) is 9.48. The van der Waals surface area contributed by atoms with E-state index in [0.717, 1.165) is 0 Å². The van der Waals surface area contributed by atoms with E-state index in [9.17, 15) is 4.79 Å². The minimum atomic E-state index is -1.00. The second kappa shape index (κ2) is 4.32. The number of azide groups is 1. The Morgan fingerprint density at radius 2 is 2.45 bits per heavy atom. The Morgan fingerprint density at radius 3 is 2.82 bits per heavy atom. The normalized spacial score (nSPS) is 11.1. The molecule has 0 saturated heterocycles. The van der Waals surface area contributed by atoms with Crippen molar-refractivity contribution < 1.29 is 14.7 Å². The maximum absolute atomic E-state index is 10.6. The van der Waals surface area contributed by atoms with E-state index in [2.05, 4.69) is 21.6 Å². The van der Waals surface area contributed by atoms with Crippen LogP contribution in [0.5, 0.6) is 0 Å². The van der Waals surface area contributed by atoms with Gasteiger partial charge in [0, 0.05) is 4.91 Å². The highest BCUT2D eigenvalue weighted by Crippen LogP contribution is 2.00. The monoisotopic (exact) mass is 157 g/mol. The minimum Gasteiger partial charge on any atom is -0.388 e. The van der Waals surface area contributed by atoms with Crippen LogP contribution in [-0.4, -0.2) is 17.2 Å². The van der Waals surface area contributed by atoms with Crippen molar-refractivity contribution in [2.24, 2.45) is 5.28 Å². The van der Waals surface area contributed by atoms with Gasteiger partial charge in [-0.25, -0.2) is 4.79 Å². The summed E-state index contributed by atoms with van der Waals surface area (Å²) in [6.45, 7) is 4.55. The van der Waals surface area contributed by atoms with Crippen molar-refractivity contribution in [2.75, 3.05) is 0 Å². The number of aliphatic hydroxyl groups excluding tert-OH is 1. The fourth-order valence-corrected chi connectivity index (χ4v) is 0.285. The predicted octanol–water partition coefficient (Wildman–Crippen LogP) is 0.692. The van der Waals surface area contributed by atoms with Gasteiger partial charge < -0.3 is 9.94 Å². The molecule has 0 aliphatic heterocycles. The van der Waals surface area contributed by atoms with Crippen molar-refractivity contribution in [1.29, 1.82) is 0 Å². The van der Waals surface area contributed by atoms with E-state index in [1.165, 1.54) is 6.92 Å². The fraction of sp³-hybridized carbons (Fsp3) is 0.400. The van der Waals surface area contributed by atoms with Crippen LogP contribution < -0.4 is 0 Å². The Morgan fingerprint density at radius 1 is 1.91 bits per heavy atom. The zero-order valence-corrected chi connectivity index (χ0v) is 5.89. The van der Waals surface area contributed by atoms with E-state index >= 15 is 0 Å². The van der Waals surface area contributed by atoms with Gasteiger partial charge in [0.1, 0.15) is 5.28 Å². The third-order valence-electron chi connectivity index (χ3n) is 0.927. The van der Waals surface area contributed by atoms with Crippen LogP contribution in [0.3, 0.4) is 0 Å². The lowest BCUT2D eigenvalue weighted by Crippen LogP contribution is -2.14. The Labute approximate surface area is 62.7 Å². The van der Waals surface area contributed by atoms with E-state index < -0.39 is 12.1 Å². The third kappa shape index (κ3) is 3.24. The van der Waals surface area contributed by atoms with Gasteiger partial charge in [0.25, 0.3) is 0 Å². The molecule has 6 heteroatoms. The zero-order valence-electron chi connectivity index (χ0n) is 5.89. The van der Waals surface area contributed by atoms with Crippen LogP contribution in [0.15, 0.2) is 17.4 Å². The second-order valence-electron chi connectivity index (χ2n) is 1.75. The molecule has 60 valence electrons. The first-order valence-electron chi connectivity index (χ1n) is 2.72. The Balaban J connectivity index is 4.04. The molecule has 0 heterocycles. The Kier molecular flexibility index (Phi) is 3.72.